The molecule has 0 bridgehead atoms. The number of amides is 1. The number of carbonyl (C=O) groups excluding carboxylic acids is 1. The molecular weight excluding hydrogens is 233 g/mol. The van der Waals surface area contributed by atoms with Crippen molar-refractivity contribution in [3.63, 3.8) is 0 Å². The molecule has 0 aromatic heterocycles. The number of benzene rings is 1. The summed E-state index contributed by atoms with van der Waals surface area (Å²) in [7, 11) is 0. The zero-order valence-corrected chi connectivity index (χ0v) is 9.84. The molecule has 0 saturated carbocycles. The average Bonchev–Trinajstić information content (AvgIpc) is 2.19. The molecule has 0 aliphatic rings. The topological polar surface area (TPSA) is 38.3 Å². The lowest BCUT2D eigenvalue weighted by Crippen LogP contribution is -2.34. The number of nitrogens with one attached hydrogen (secondary N) is 1. The zero-order valence-electron chi connectivity index (χ0n) is 9.09. The van der Waals surface area contributed by atoms with Gasteiger partial charge in [-0.3, -0.25) is 4.79 Å². The summed E-state index contributed by atoms with van der Waals surface area (Å²) in [5.41, 5.74) is 0. The lowest BCUT2D eigenvalue weighted by atomic mass is 10.3. The van der Waals surface area contributed by atoms with E-state index in [2.05, 4.69) is 5.32 Å². The first-order valence-electron chi connectivity index (χ1n) is 4.86. The molecule has 1 amide bonds. The van der Waals surface area contributed by atoms with Crippen LogP contribution >= 0.6 is 11.6 Å². The molecule has 0 spiro atoms. The Morgan fingerprint density at radius 3 is 2.81 bits per heavy atom. The third kappa shape index (κ3) is 4.06. The van der Waals surface area contributed by atoms with E-state index >= 15 is 0 Å². The van der Waals surface area contributed by atoms with Crippen molar-refractivity contribution in [2.45, 2.75) is 19.9 Å². The van der Waals surface area contributed by atoms with Crippen molar-refractivity contribution in [2.75, 3.05) is 6.61 Å². The van der Waals surface area contributed by atoms with E-state index in [1.54, 1.807) is 0 Å². The molecular formula is C11H13ClFNO2. The summed E-state index contributed by atoms with van der Waals surface area (Å²) in [6.07, 6.45) is 0. The Morgan fingerprint density at radius 2 is 2.25 bits per heavy atom. The normalized spacial score (nSPS) is 10.3. The van der Waals surface area contributed by atoms with Crippen LogP contribution in [0.2, 0.25) is 5.02 Å². The molecule has 1 aromatic rings. The Bertz CT molecular complexity index is 382. The van der Waals surface area contributed by atoms with E-state index in [4.69, 9.17) is 16.3 Å². The summed E-state index contributed by atoms with van der Waals surface area (Å²) in [5.74, 6) is -0.374. The first-order valence-corrected chi connectivity index (χ1v) is 5.24. The minimum atomic E-state index is -0.513. The first kappa shape index (κ1) is 12.8. The Balaban J connectivity index is 2.48. The van der Waals surface area contributed by atoms with Crippen LogP contribution in [-0.4, -0.2) is 18.6 Å². The van der Waals surface area contributed by atoms with Crippen LogP contribution < -0.4 is 10.1 Å². The highest BCUT2D eigenvalue weighted by Crippen LogP contribution is 2.20. The fourth-order valence-corrected chi connectivity index (χ4v) is 1.25. The SMILES string of the molecule is CC(C)NC(=O)COc1ccc(F)c(Cl)c1. The average molecular weight is 246 g/mol. The van der Waals surface area contributed by atoms with Crippen molar-refractivity contribution < 1.29 is 13.9 Å². The van der Waals surface area contributed by atoms with Gasteiger partial charge in [0.05, 0.1) is 5.02 Å². The highest BCUT2D eigenvalue weighted by atomic mass is 35.5. The maximum absolute atomic E-state index is 12.8. The van der Waals surface area contributed by atoms with Crippen LogP contribution in [0.3, 0.4) is 0 Å². The monoisotopic (exact) mass is 245 g/mol. The van der Waals surface area contributed by atoms with Crippen LogP contribution in [0.25, 0.3) is 0 Å². The minimum absolute atomic E-state index is 0.0261. The molecule has 1 N–H and O–H groups in total. The lowest BCUT2D eigenvalue weighted by molar-refractivity contribution is -0.123. The van der Waals surface area contributed by atoms with Crippen LogP contribution in [-0.2, 0) is 4.79 Å². The van der Waals surface area contributed by atoms with Crippen LogP contribution in [0, 0.1) is 5.82 Å². The smallest absolute Gasteiger partial charge is 0.258 e. The van der Waals surface area contributed by atoms with Crippen LogP contribution in [0.1, 0.15) is 13.8 Å². The van der Waals surface area contributed by atoms with E-state index in [0.29, 0.717) is 5.75 Å². The molecule has 1 aromatic carbocycles. The van der Waals surface area contributed by atoms with E-state index in [1.165, 1.54) is 18.2 Å². The van der Waals surface area contributed by atoms with E-state index in [-0.39, 0.29) is 23.6 Å². The molecule has 1 rings (SSSR count). The predicted octanol–water partition coefficient (Wildman–Crippen LogP) is 2.38. The molecule has 0 unspecified atom stereocenters. The van der Waals surface area contributed by atoms with Gasteiger partial charge in [0.15, 0.2) is 6.61 Å². The van der Waals surface area contributed by atoms with Crippen molar-refractivity contribution >= 4 is 17.5 Å². The summed E-state index contributed by atoms with van der Waals surface area (Å²) >= 11 is 5.56. The molecule has 88 valence electrons. The van der Waals surface area contributed by atoms with Crippen molar-refractivity contribution in [1.29, 1.82) is 0 Å². The fraction of sp³-hybridized carbons (Fsp3) is 0.364. The van der Waals surface area contributed by atoms with Crippen LogP contribution in [0.15, 0.2) is 18.2 Å². The highest BCUT2D eigenvalue weighted by molar-refractivity contribution is 6.30. The molecule has 3 nitrogen and oxygen atoms in total. The van der Waals surface area contributed by atoms with E-state index in [9.17, 15) is 9.18 Å². The number of ether oxygens (including phenoxy) is 1. The van der Waals surface area contributed by atoms with Gasteiger partial charge in [-0.1, -0.05) is 11.6 Å². The summed E-state index contributed by atoms with van der Waals surface area (Å²) in [6.45, 7) is 3.60. The summed E-state index contributed by atoms with van der Waals surface area (Å²) in [6, 6.07) is 4.01. The second-order valence-corrected chi connectivity index (χ2v) is 3.99. The summed E-state index contributed by atoms with van der Waals surface area (Å²) < 4.78 is 17.9. The van der Waals surface area contributed by atoms with Crippen molar-refractivity contribution in [3.8, 4) is 5.75 Å². The quantitative estimate of drug-likeness (QED) is 0.885. The number of carbonyl (C=O) groups is 1. The minimum Gasteiger partial charge on any atom is -0.484 e. The van der Waals surface area contributed by atoms with Gasteiger partial charge >= 0.3 is 0 Å². The van der Waals surface area contributed by atoms with Gasteiger partial charge in [0.25, 0.3) is 5.91 Å². The number of halogens is 2. The van der Waals surface area contributed by atoms with E-state index in [0.717, 1.165) is 0 Å². The van der Waals surface area contributed by atoms with Gasteiger partial charge in [0, 0.05) is 12.1 Å². The number of hydrogen-bond acceptors (Lipinski definition) is 2. The number of rotatable bonds is 4. The fourth-order valence-electron chi connectivity index (χ4n) is 1.08. The third-order valence-corrected chi connectivity index (χ3v) is 2.00. The van der Waals surface area contributed by atoms with Gasteiger partial charge < -0.3 is 10.1 Å². The van der Waals surface area contributed by atoms with E-state index in [1.807, 2.05) is 13.8 Å². The Labute approximate surface area is 98.5 Å². The molecule has 16 heavy (non-hydrogen) atoms. The molecule has 0 radical (unpaired) electrons. The second kappa shape index (κ2) is 5.70. The summed E-state index contributed by atoms with van der Waals surface area (Å²) in [4.78, 5) is 11.2. The van der Waals surface area contributed by atoms with Gasteiger partial charge in [-0.15, -0.1) is 0 Å². The van der Waals surface area contributed by atoms with Crippen LogP contribution in [0.4, 0.5) is 4.39 Å². The molecule has 5 heteroatoms. The third-order valence-electron chi connectivity index (χ3n) is 1.71. The van der Waals surface area contributed by atoms with Gasteiger partial charge in [-0.05, 0) is 26.0 Å². The van der Waals surface area contributed by atoms with Crippen LogP contribution in [0.5, 0.6) is 5.75 Å². The standard InChI is InChI=1S/C11H13ClFNO2/c1-7(2)14-11(15)6-16-8-3-4-10(13)9(12)5-8/h3-5,7H,6H2,1-2H3,(H,14,15). The van der Waals surface area contributed by atoms with Gasteiger partial charge in [-0.25, -0.2) is 4.39 Å². The molecule has 0 heterocycles. The van der Waals surface area contributed by atoms with Crippen molar-refractivity contribution in [2.24, 2.45) is 0 Å². The summed E-state index contributed by atoms with van der Waals surface area (Å²) in [5, 5.41) is 2.64. The Kier molecular flexibility index (Phi) is 4.55. The predicted molar refractivity (Wildman–Crippen MR) is 60.2 cm³/mol. The Hall–Kier alpha value is -1.29. The maximum atomic E-state index is 12.8. The Morgan fingerprint density at radius 1 is 1.56 bits per heavy atom. The lowest BCUT2D eigenvalue weighted by Gasteiger charge is -2.09. The van der Waals surface area contributed by atoms with Gasteiger partial charge in [0.2, 0.25) is 0 Å². The van der Waals surface area contributed by atoms with Crippen molar-refractivity contribution in [3.05, 3.63) is 29.0 Å². The van der Waals surface area contributed by atoms with Gasteiger partial charge in [-0.2, -0.15) is 0 Å². The van der Waals surface area contributed by atoms with E-state index < -0.39 is 5.82 Å². The molecule has 0 aliphatic carbocycles. The molecule has 0 atom stereocenters. The first-order chi connectivity index (χ1) is 7.49. The molecule has 0 aliphatic heterocycles. The second-order valence-electron chi connectivity index (χ2n) is 3.59. The maximum Gasteiger partial charge on any atom is 0.258 e. The van der Waals surface area contributed by atoms with Gasteiger partial charge in [0.1, 0.15) is 11.6 Å². The highest BCUT2D eigenvalue weighted by Gasteiger charge is 2.06. The molecule has 0 fully saturated rings. The zero-order chi connectivity index (χ0) is 12.1. The largest absolute Gasteiger partial charge is 0.484 e. The number of hydrogen-bond donors (Lipinski definition) is 1. The van der Waals surface area contributed by atoms with Crippen molar-refractivity contribution in [1.82, 2.24) is 5.32 Å². The molecule has 0 saturated heterocycles.